The molecule has 0 saturated carbocycles. The molecule has 0 fully saturated rings. The zero-order chi connectivity index (χ0) is 17.4. The van der Waals surface area contributed by atoms with Gasteiger partial charge in [0.2, 0.25) is 5.16 Å². The average molecular weight is 391 g/mol. The van der Waals surface area contributed by atoms with Crippen molar-refractivity contribution in [2.24, 2.45) is 0 Å². The third-order valence-corrected chi connectivity index (χ3v) is 5.58. The van der Waals surface area contributed by atoms with Crippen molar-refractivity contribution in [3.63, 3.8) is 0 Å². The molecule has 0 amide bonds. The van der Waals surface area contributed by atoms with Crippen LogP contribution in [0.5, 0.6) is 0 Å². The highest BCUT2D eigenvalue weighted by Crippen LogP contribution is 2.24. The lowest BCUT2D eigenvalue weighted by Crippen LogP contribution is -2.12. The number of thiophene rings is 1. The van der Waals surface area contributed by atoms with E-state index < -0.39 is 0 Å². The predicted octanol–water partition coefficient (Wildman–Crippen LogP) is 2.90. The standard InChI is InChI=1S/C15H11ClN6OS2/c16-9-3-1-8(2-4-9)13-20-21-15(22(13)17)25-7-11-18-10-5-6-24-12(10)14(23)19-11/h1-6H,7,17H2,(H,18,19,23). The Kier molecular flexibility index (Phi) is 4.20. The van der Waals surface area contributed by atoms with Gasteiger partial charge in [-0.25, -0.2) is 9.66 Å². The molecule has 1 aromatic carbocycles. The maximum absolute atomic E-state index is 12.0. The molecule has 0 atom stereocenters. The summed E-state index contributed by atoms with van der Waals surface area (Å²) in [5.41, 5.74) is 1.38. The second kappa shape index (κ2) is 6.51. The largest absolute Gasteiger partial charge is 0.335 e. The lowest BCUT2D eigenvalue weighted by molar-refractivity contribution is 0.848. The van der Waals surface area contributed by atoms with Gasteiger partial charge in [0.15, 0.2) is 5.82 Å². The first-order chi connectivity index (χ1) is 12.1. The van der Waals surface area contributed by atoms with E-state index in [1.807, 2.05) is 23.6 Å². The molecule has 25 heavy (non-hydrogen) atoms. The summed E-state index contributed by atoms with van der Waals surface area (Å²) in [5, 5.41) is 11.2. The molecule has 0 aliphatic heterocycles. The Bertz CT molecular complexity index is 1100. The average Bonchev–Trinajstić information content (AvgIpc) is 3.21. The molecule has 0 bridgehead atoms. The van der Waals surface area contributed by atoms with Gasteiger partial charge in [-0.05, 0) is 35.7 Å². The van der Waals surface area contributed by atoms with Crippen molar-refractivity contribution in [3.8, 4) is 11.4 Å². The Hall–Kier alpha value is -2.36. The van der Waals surface area contributed by atoms with Gasteiger partial charge in [0, 0.05) is 10.6 Å². The summed E-state index contributed by atoms with van der Waals surface area (Å²) in [7, 11) is 0. The summed E-state index contributed by atoms with van der Waals surface area (Å²) in [6.07, 6.45) is 0. The Morgan fingerprint density at radius 3 is 2.84 bits per heavy atom. The smallest absolute Gasteiger partial charge is 0.268 e. The number of rotatable bonds is 4. The number of thioether (sulfide) groups is 1. The van der Waals surface area contributed by atoms with Crippen LogP contribution in [0.25, 0.3) is 21.6 Å². The third kappa shape index (κ3) is 3.13. The van der Waals surface area contributed by atoms with E-state index in [1.54, 1.807) is 12.1 Å². The first-order valence-electron chi connectivity index (χ1n) is 7.17. The van der Waals surface area contributed by atoms with Crippen LogP contribution >= 0.6 is 34.7 Å². The predicted molar refractivity (Wildman–Crippen MR) is 100 cm³/mol. The van der Waals surface area contributed by atoms with Gasteiger partial charge >= 0.3 is 0 Å². The van der Waals surface area contributed by atoms with Gasteiger partial charge in [0.05, 0.1) is 11.3 Å². The van der Waals surface area contributed by atoms with Crippen LogP contribution < -0.4 is 11.4 Å². The van der Waals surface area contributed by atoms with Crippen molar-refractivity contribution in [3.05, 3.63) is 56.9 Å². The summed E-state index contributed by atoms with van der Waals surface area (Å²) in [4.78, 5) is 19.2. The number of aromatic nitrogens is 5. The van der Waals surface area contributed by atoms with Gasteiger partial charge in [-0.1, -0.05) is 23.4 Å². The van der Waals surface area contributed by atoms with Crippen LogP contribution in [-0.4, -0.2) is 24.8 Å². The van der Waals surface area contributed by atoms with Gasteiger partial charge in [-0.2, -0.15) is 0 Å². The fraction of sp³-hybridized carbons (Fsp3) is 0.0667. The molecule has 0 unspecified atom stereocenters. The second-order valence-corrected chi connectivity index (χ2v) is 7.41. The number of H-pyrrole nitrogens is 1. The lowest BCUT2D eigenvalue weighted by atomic mass is 10.2. The molecular formula is C15H11ClN6OS2. The molecule has 0 radical (unpaired) electrons. The van der Waals surface area contributed by atoms with E-state index >= 15 is 0 Å². The zero-order valence-electron chi connectivity index (χ0n) is 12.6. The quantitative estimate of drug-likeness (QED) is 0.410. The number of nitrogens with two attached hydrogens (primary N) is 1. The number of aromatic amines is 1. The number of halogens is 1. The number of hydrogen-bond donors (Lipinski definition) is 2. The Balaban J connectivity index is 1.56. The SMILES string of the molecule is Nn1c(SCc2nc3ccsc3c(=O)[nH]2)nnc1-c1ccc(Cl)cc1. The van der Waals surface area contributed by atoms with Crippen LogP contribution in [0, 0.1) is 0 Å². The number of benzene rings is 1. The molecule has 0 saturated heterocycles. The van der Waals surface area contributed by atoms with E-state index in [2.05, 4.69) is 20.2 Å². The van der Waals surface area contributed by atoms with Gasteiger partial charge < -0.3 is 10.8 Å². The highest BCUT2D eigenvalue weighted by atomic mass is 35.5. The molecular weight excluding hydrogens is 380 g/mol. The van der Waals surface area contributed by atoms with Gasteiger partial charge in [-0.15, -0.1) is 21.5 Å². The monoisotopic (exact) mass is 390 g/mol. The third-order valence-electron chi connectivity index (χ3n) is 3.47. The minimum Gasteiger partial charge on any atom is -0.335 e. The Morgan fingerprint density at radius 1 is 1.24 bits per heavy atom. The van der Waals surface area contributed by atoms with E-state index in [1.165, 1.54) is 27.8 Å². The van der Waals surface area contributed by atoms with Crippen LogP contribution in [0.2, 0.25) is 5.02 Å². The van der Waals surface area contributed by atoms with Crippen molar-refractivity contribution >= 4 is 44.9 Å². The Morgan fingerprint density at radius 2 is 2.04 bits per heavy atom. The summed E-state index contributed by atoms with van der Waals surface area (Å²) in [6, 6.07) is 9.01. The molecule has 126 valence electrons. The Labute approximate surface area is 154 Å². The summed E-state index contributed by atoms with van der Waals surface area (Å²) in [5.74, 6) is 7.62. The highest BCUT2D eigenvalue weighted by Gasteiger charge is 2.13. The van der Waals surface area contributed by atoms with Crippen molar-refractivity contribution in [1.82, 2.24) is 24.8 Å². The van der Waals surface area contributed by atoms with Crippen molar-refractivity contribution < 1.29 is 0 Å². The van der Waals surface area contributed by atoms with Gasteiger partial charge in [0.25, 0.3) is 5.56 Å². The molecule has 4 rings (SSSR count). The molecule has 4 aromatic rings. The molecule has 0 spiro atoms. The van der Waals surface area contributed by atoms with E-state index in [0.29, 0.717) is 37.8 Å². The van der Waals surface area contributed by atoms with Crippen molar-refractivity contribution in [2.75, 3.05) is 5.84 Å². The fourth-order valence-corrected chi connectivity index (χ4v) is 3.87. The van der Waals surface area contributed by atoms with Crippen LogP contribution in [-0.2, 0) is 5.75 Å². The van der Waals surface area contributed by atoms with Crippen LogP contribution in [0.4, 0.5) is 0 Å². The lowest BCUT2D eigenvalue weighted by Gasteiger charge is -2.04. The van der Waals surface area contributed by atoms with Crippen LogP contribution in [0.3, 0.4) is 0 Å². The van der Waals surface area contributed by atoms with Gasteiger partial charge in [0.1, 0.15) is 10.5 Å². The second-order valence-electron chi connectivity index (χ2n) is 5.12. The number of hydrogen-bond acceptors (Lipinski definition) is 7. The van der Waals surface area contributed by atoms with E-state index in [9.17, 15) is 4.79 Å². The van der Waals surface area contributed by atoms with Crippen LogP contribution in [0.1, 0.15) is 5.82 Å². The first-order valence-corrected chi connectivity index (χ1v) is 9.42. The topological polar surface area (TPSA) is 102 Å². The zero-order valence-corrected chi connectivity index (χ0v) is 15.0. The molecule has 3 N–H and O–H groups in total. The maximum Gasteiger partial charge on any atom is 0.268 e. The fourth-order valence-electron chi connectivity index (χ4n) is 2.29. The maximum atomic E-state index is 12.0. The van der Waals surface area contributed by atoms with E-state index in [0.717, 1.165) is 5.56 Å². The molecule has 3 aromatic heterocycles. The van der Waals surface area contributed by atoms with Gasteiger partial charge in [-0.3, -0.25) is 4.79 Å². The molecule has 0 aliphatic rings. The van der Waals surface area contributed by atoms with Crippen LogP contribution in [0.15, 0.2) is 45.7 Å². The van der Waals surface area contributed by atoms with E-state index in [-0.39, 0.29) is 5.56 Å². The minimum absolute atomic E-state index is 0.133. The number of nitrogen functional groups attached to an aromatic ring is 1. The molecule has 3 heterocycles. The number of fused-ring (bicyclic) bond motifs is 1. The van der Waals surface area contributed by atoms with E-state index in [4.69, 9.17) is 17.4 Å². The van der Waals surface area contributed by atoms with Crippen molar-refractivity contribution in [2.45, 2.75) is 10.9 Å². The normalized spacial score (nSPS) is 11.2. The molecule has 7 nitrogen and oxygen atoms in total. The summed E-state index contributed by atoms with van der Waals surface area (Å²) < 4.78 is 2.04. The number of nitrogens with zero attached hydrogens (tertiary/aromatic N) is 4. The molecule has 10 heteroatoms. The minimum atomic E-state index is -0.133. The summed E-state index contributed by atoms with van der Waals surface area (Å²) >= 11 is 8.61. The summed E-state index contributed by atoms with van der Waals surface area (Å²) in [6.45, 7) is 0. The molecule has 0 aliphatic carbocycles. The number of nitrogens with one attached hydrogen (secondary N) is 1. The first kappa shape index (κ1) is 16.1. The highest BCUT2D eigenvalue weighted by molar-refractivity contribution is 7.98. The van der Waals surface area contributed by atoms with Crippen molar-refractivity contribution in [1.29, 1.82) is 0 Å².